The van der Waals surface area contributed by atoms with Gasteiger partial charge in [0.05, 0.1) is 10.6 Å². The lowest BCUT2D eigenvalue weighted by molar-refractivity contribution is -0.116. The van der Waals surface area contributed by atoms with Crippen LogP contribution >= 0.6 is 23.4 Å². The van der Waals surface area contributed by atoms with Crippen molar-refractivity contribution in [3.8, 4) is 0 Å². The van der Waals surface area contributed by atoms with E-state index in [4.69, 9.17) is 11.6 Å². The summed E-state index contributed by atoms with van der Waals surface area (Å²) in [5, 5.41) is 3.52. The molecule has 0 aromatic heterocycles. The predicted octanol–water partition coefficient (Wildman–Crippen LogP) is 3.64. The van der Waals surface area contributed by atoms with E-state index < -0.39 is 10.0 Å². The molecule has 132 valence electrons. The molecule has 8 heteroatoms. The highest BCUT2D eigenvalue weighted by Gasteiger charge is 2.22. The van der Waals surface area contributed by atoms with E-state index in [1.807, 2.05) is 6.92 Å². The summed E-state index contributed by atoms with van der Waals surface area (Å²) in [6.45, 7) is 2.13. The number of hydrogen-bond donors (Lipinski definition) is 2. The van der Waals surface area contributed by atoms with Gasteiger partial charge in [-0.1, -0.05) is 30.7 Å². The molecular weight excluding hydrogens is 380 g/mol. The minimum atomic E-state index is -3.69. The fourth-order valence-electron chi connectivity index (χ4n) is 2.46. The van der Waals surface area contributed by atoms with Gasteiger partial charge >= 0.3 is 0 Å². The largest absolute Gasteiger partial charge is 0.325 e. The highest BCUT2D eigenvalue weighted by Crippen LogP contribution is 2.36. The number of hydrogen-bond acceptors (Lipinski definition) is 4. The Kier molecular flexibility index (Phi) is 5.38. The molecule has 1 aliphatic rings. The van der Waals surface area contributed by atoms with Crippen LogP contribution in [0.1, 0.15) is 18.9 Å². The second-order valence-corrected chi connectivity index (χ2v) is 9.47. The zero-order valence-corrected chi connectivity index (χ0v) is 15.8. The number of anilines is 1. The molecule has 1 atom stereocenters. The van der Waals surface area contributed by atoms with Crippen LogP contribution in [0.15, 0.2) is 52.3 Å². The first-order valence-corrected chi connectivity index (χ1v) is 10.4. The molecule has 0 unspecified atom stereocenters. The van der Waals surface area contributed by atoms with Gasteiger partial charge in [-0.3, -0.25) is 4.79 Å². The summed E-state index contributed by atoms with van der Waals surface area (Å²) < 4.78 is 27.6. The molecule has 2 N–H and O–H groups in total. The van der Waals surface area contributed by atoms with E-state index in [-0.39, 0.29) is 22.6 Å². The van der Waals surface area contributed by atoms with Gasteiger partial charge in [0.25, 0.3) is 0 Å². The van der Waals surface area contributed by atoms with E-state index in [0.717, 1.165) is 10.5 Å². The maximum Gasteiger partial charge on any atom is 0.240 e. The first kappa shape index (κ1) is 18.3. The molecule has 25 heavy (non-hydrogen) atoms. The molecule has 1 aliphatic heterocycles. The summed E-state index contributed by atoms with van der Waals surface area (Å²) in [4.78, 5) is 12.8. The summed E-state index contributed by atoms with van der Waals surface area (Å²) in [6, 6.07) is 11.7. The Balaban J connectivity index is 1.80. The third-order valence-corrected chi connectivity index (χ3v) is 6.55. The molecule has 2 aromatic rings. The van der Waals surface area contributed by atoms with E-state index in [1.165, 1.54) is 6.07 Å². The van der Waals surface area contributed by atoms with Crippen LogP contribution in [-0.4, -0.2) is 19.6 Å². The Hall–Kier alpha value is -1.54. The van der Waals surface area contributed by atoms with Gasteiger partial charge in [-0.05, 0) is 35.9 Å². The number of benzene rings is 2. The van der Waals surface area contributed by atoms with Gasteiger partial charge in [0.15, 0.2) is 0 Å². The van der Waals surface area contributed by atoms with Crippen LogP contribution in [0.4, 0.5) is 5.69 Å². The van der Waals surface area contributed by atoms with Crippen LogP contribution in [0, 0.1) is 0 Å². The second kappa shape index (κ2) is 7.37. The molecule has 2 aromatic carbocycles. The van der Waals surface area contributed by atoms with Crippen LogP contribution < -0.4 is 10.0 Å². The number of rotatable bonds is 4. The molecule has 5 nitrogen and oxygen atoms in total. The molecule has 0 radical (unpaired) electrons. The Morgan fingerprint density at radius 3 is 2.68 bits per heavy atom. The topological polar surface area (TPSA) is 75.3 Å². The minimum Gasteiger partial charge on any atom is -0.325 e. The van der Waals surface area contributed by atoms with Crippen molar-refractivity contribution in [2.45, 2.75) is 34.9 Å². The number of fused-ring (bicyclic) bond motifs is 1. The van der Waals surface area contributed by atoms with Gasteiger partial charge < -0.3 is 5.32 Å². The lowest BCUT2D eigenvalue weighted by Crippen LogP contribution is -2.23. The molecule has 1 amide bonds. The normalized spacial score (nSPS) is 17.5. The number of nitrogens with one attached hydrogen (secondary N) is 2. The lowest BCUT2D eigenvalue weighted by atomic mass is 10.2. The van der Waals surface area contributed by atoms with E-state index in [1.54, 1.807) is 48.2 Å². The smallest absolute Gasteiger partial charge is 0.240 e. The Labute approximate surface area is 156 Å². The quantitative estimate of drug-likeness (QED) is 0.827. The maximum absolute atomic E-state index is 12.5. The summed E-state index contributed by atoms with van der Waals surface area (Å²) >= 11 is 7.38. The Bertz CT molecular complexity index is 899. The van der Waals surface area contributed by atoms with Crippen LogP contribution in [0.3, 0.4) is 0 Å². The predicted molar refractivity (Wildman–Crippen MR) is 100 cm³/mol. The van der Waals surface area contributed by atoms with Crippen molar-refractivity contribution < 1.29 is 13.2 Å². The van der Waals surface area contributed by atoms with E-state index >= 15 is 0 Å². The number of carbonyl (C=O) groups excluding carboxylic acids is 1. The average molecular weight is 397 g/mol. The minimum absolute atomic E-state index is 0.109. The van der Waals surface area contributed by atoms with Crippen LogP contribution in [0.5, 0.6) is 0 Å². The summed E-state index contributed by atoms with van der Waals surface area (Å²) in [6.07, 6.45) is 0.399. The number of amides is 1. The third-order valence-electron chi connectivity index (χ3n) is 3.72. The summed E-state index contributed by atoms with van der Waals surface area (Å²) in [7, 11) is -3.69. The molecule has 0 aliphatic carbocycles. The summed E-state index contributed by atoms with van der Waals surface area (Å²) in [5.41, 5.74) is 1.34. The monoisotopic (exact) mass is 396 g/mol. The standard InChI is InChI=1S/C17H17ClN2O3S2/c1-11-8-17(21)20-15-9-14(6-7-16(15)24-11)25(22,23)19-10-12-2-4-13(18)5-3-12/h2-7,9,11,19H,8,10H2,1H3,(H,20,21)/t11-/m1/s1. The molecule has 0 bridgehead atoms. The van der Waals surface area contributed by atoms with Gasteiger partial charge in [-0.2, -0.15) is 0 Å². The van der Waals surface area contributed by atoms with E-state index in [0.29, 0.717) is 17.1 Å². The first-order chi connectivity index (χ1) is 11.8. The molecule has 0 saturated carbocycles. The Morgan fingerprint density at radius 2 is 1.96 bits per heavy atom. The molecule has 0 saturated heterocycles. The second-order valence-electron chi connectivity index (χ2n) is 5.79. The van der Waals surface area contributed by atoms with Gasteiger partial charge in [0.2, 0.25) is 15.9 Å². The van der Waals surface area contributed by atoms with Crippen molar-refractivity contribution in [2.24, 2.45) is 0 Å². The van der Waals surface area contributed by atoms with Crippen LogP contribution in [0.25, 0.3) is 0 Å². The van der Waals surface area contributed by atoms with Crippen LogP contribution in [0.2, 0.25) is 5.02 Å². The number of thioether (sulfide) groups is 1. The van der Waals surface area contributed by atoms with Gasteiger partial charge in [0.1, 0.15) is 0 Å². The van der Waals surface area contributed by atoms with Crippen LogP contribution in [-0.2, 0) is 21.4 Å². The van der Waals surface area contributed by atoms with Crippen molar-refractivity contribution in [2.75, 3.05) is 5.32 Å². The van der Waals surface area contributed by atoms with Crippen molar-refractivity contribution in [3.05, 3.63) is 53.1 Å². The molecule has 1 heterocycles. The zero-order valence-electron chi connectivity index (χ0n) is 13.5. The van der Waals surface area contributed by atoms with Crippen molar-refractivity contribution >= 4 is 45.0 Å². The maximum atomic E-state index is 12.5. The van der Waals surface area contributed by atoms with Crippen molar-refractivity contribution in [1.82, 2.24) is 4.72 Å². The number of sulfonamides is 1. The molecule has 0 spiro atoms. The average Bonchev–Trinajstić information content (AvgIpc) is 2.69. The number of carbonyl (C=O) groups is 1. The fourth-order valence-corrected chi connectivity index (χ4v) is 4.68. The van der Waals surface area contributed by atoms with Crippen molar-refractivity contribution in [1.29, 1.82) is 0 Å². The fraction of sp³-hybridized carbons (Fsp3) is 0.235. The zero-order chi connectivity index (χ0) is 18.0. The first-order valence-electron chi connectivity index (χ1n) is 7.68. The van der Waals surface area contributed by atoms with Gasteiger partial charge in [0, 0.05) is 28.1 Å². The van der Waals surface area contributed by atoms with E-state index in [9.17, 15) is 13.2 Å². The number of halogens is 1. The Morgan fingerprint density at radius 1 is 1.24 bits per heavy atom. The highest BCUT2D eigenvalue weighted by molar-refractivity contribution is 8.00. The molecule has 3 rings (SSSR count). The van der Waals surface area contributed by atoms with Crippen molar-refractivity contribution in [3.63, 3.8) is 0 Å². The summed E-state index contributed by atoms with van der Waals surface area (Å²) in [5.74, 6) is -0.109. The highest BCUT2D eigenvalue weighted by atomic mass is 35.5. The third kappa shape index (κ3) is 4.55. The van der Waals surface area contributed by atoms with E-state index in [2.05, 4.69) is 10.0 Å². The molecular formula is C17H17ClN2O3S2. The van der Waals surface area contributed by atoms with Gasteiger partial charge in [-0.15, -0.1) is 11.8 Å². The SMILES string of the molecule is C[C@@H]1CC(=O)Nc2cc(S(=O)(=O)NCc3ccc(Cl)cc3)ccc2S1. The lowest BCUT2D eigenvalue weighted by Gasteiger charge is -2.11. The van der Waals surface area contributed by atoms with Gasteiger partial charge in [-0.25, -0.2) is 13.1 Å². The molecule has 0 fully saturated rings.